The molecule has 0 spiro atoms. The van der Waals surface area contributed by atoms with Gasteiger partial charge in [-0.1, -0.05) is 55.4 Å². The van der Waals surface area contributed by atoms with E-state index >= 15 is 4.39 Å². The van der Waals surface area contributed by atoms with Gasteiger partial charge in [0.1, 0.15) is 0 Å². The minimum atomic E-state index is -4.79. The lowest BCUT2D eigenvalue weighted by Crippen LogP contribution is -2.56. The highest BCUT2D eigenvalue weighted by Crippen LogP contribution is 2.83. The summed E-state index contributed by atoms with van der Waals surface area (Å²) in [5, 5.41) is -3.25. The average Bonchev–Trinajstić information content (AvgIpc) is 2.53. The molecule has 0 saturated carbocycles. The molecule has 1 heterocycles. The molecular formula is C19H33BrFNO4P2. The molecule has 1 aromatic heterocycles. The molecule has 2 N–H and O–H groups in total. The lowest BCUT2D eigenvalue weighted by molar-refractivity contribution is 0.0844. The van der Waals surface area contributed by atoms with Gasteiger partial charge in [0.25, 0.3) is 5.15 Å². The largest absolute Gasteiger partial charge is 0.342 e. The maximum Gasteiger partial charge on any atom is 0.270 e. The molecule has 1 rings (SSSR count). The minimum absolute atomic E-state index is 0.333. The Hall–Kier alpha value is -0.0600. The summed E-state index contributed by atoms with van der Waals surface area (Å²) >= 11 is 3.33. The standard InChI is InChI=1S/C19H33BrFNO4P2/c1-12(2)18(13(3)4,16-9-17(20)11-22-10-16)19(21,27(23,24)14(5)6)28(25,26)15(7)8/h9-15H,1-8H3,(H,23,24)(H,25,26). The van der Waals surface area contributed by atoms with Crippen LogP contribution < -0.4 is 0 Å². The zero-order valence-electron chi connectivity index (χ0n) is 17.8. The Labute approximate surface area is 176 Å². The second-order valence-electron chi connectivity index (χ2n) is 8.59. The molecule has 28 heavy (non-hydrogen) atoms. The Balaban J connectivity index is 4.29. The van der Waals surface area contributed by atoms with Crippen LogP contribution in [0.1, 0.15) is 61.0 Å². The van der Waals surface area contributed by atoms with Crippen LogP contribution in [0.25, 0.3) is 0 Å². The van der Waals surface area contributed by atoms with Crippen molar-refractivity contribution in [2.75, 3.05) is 0 Å². The fourth-order valence-corrected chi connectivity index (χ4v) is 11.4. The van der Waals surface area contributed by atoms with Crippen LogP contribution in [0.2, 0.25) is 0 Å². The van der Waals surface area contributed by atoms with E-state index in [0.29, 0.717) is 10.0 Å². The molecule has 0 aliphatic rings. The van der Waals surface area contributed by atoms with Crippen LogP contribution >= 0.6 is 30.7 Å². The summed E-state index contributed by atoms with van der Waals surface area (Å²) in [6.07, 6.45) is 2.95. The van der Waals surface area contributed by atoms with Gasteiger partial charge in [-0.3, -0.25) is 14.1 Å². The van der Waals surface area contributed by atoms with Crippen molar-refractivity contribution in [1.82, 2.24) is 4.98 Å². The highest BCUT2D eigenvalue weighted by Gasteiger charge is 2.75. The molecule has 0 aromatic carbocycles. The Bertz CT molecular complexity index is 762. The molecule has 0 saturated heterocycles. The lowest BCUT2D eigenvalue weighted by Gasteiger charge is -2.54. The first-order valence-electron chi connectivity index (χ1n) is 9.47. The molecule has 162 valence electrons. The molecule has 0 radical (unpaired) electrons. The molecule has 1 aromatic rings. The van der Waals surface area contributed by atoms with Gasteiger partial charge in [-0.2, -0.15) is 0 Å². The number of halogens is 2. The molecule has 2 unspecified atom stereocenters. The van der Waals surface area contributed by atoms with Crippen LogP contribution in [0.4, 0.5) is 4.39 Å². The fourth-order valence-electron chi connectivity index (χ4n) is 4.31. The molecule has 2 atom stereocenters. The molecule has 0 bridgehead atoms. The van der Waals surface area contributed by atoms with Crippen molar-refractivity contribution < 1.29 is 23.3 Å². The van der Waals surface area contributed by atoms with Gasteiger partial charge in [-0.15, -0.1) is 0 Å². The average molecular weight is 500 g/mol. The third-order valence-electron chi connectivity index (χ3n) is 5.78. The third kappa shape index (κ3) is 3.60. The van der Waals surface area contributed by atoms with Crippen LogP contribution in [0, 0.1) is 11.8 Å². The smallest absolute Gasteiger partial charge is 0.270 e. The Morgan fingerprint density at radius 3 is 1.61 bits per heavy atom. The quantitative estimate of drug-likeness (QED) is 0.405. The number of hydrogen-bond acceptors (Lipinski definition) is 3. The number of rotatable bonds is 8. The number of aromatic nitrogens is 1. The summed E-state index contributed by atoms with van der Waals surface area (Å²) in [5.74, 6) is -1.13. The van der Waals surface area contributed by atoms with Crippen LogP contribution in [0.5, 0.6) is 0 Å². The molecule has 0 amide bonds. The van der Waals surface area contributed by atoms with Crippen LogP contribution in [-0.4, -0.2) is 31.2 Å². The summed E-state index contributed by atoms with van der Waals surface area (Å²) < 4.78 is 45.2. The second kappa shape index (κ2) is 8.59. The number of hydrogen-bond donors (Lipinski definition) is 2. The lowest BCUT2D eigenvalue weighted by atomic mass is 9.65. The molecule has 0 aliphatic heterocycles. The van der Waals surface area contributed by atoms with E-state index in [1.54, 1.807) is 33.8 Å². The summed E-state index contributed by atoms with van der Waals surface area (Å²) in [6, 6.07) is 1.63. The van der Waals surface area contributed by atoms with Gasteiger partial charge in [0.2, 0.25) is 14.7 Å². The van der Waals surface area contributed by atoms with Crippen molar-refractivity contribution in [2.24, 2.45) is 11.8 Å². The highest BCUT2D eigenvalue weighted by molar-refractivity contribution is 9.10. The zero-order chi connectivity index (χ0) is 22.3. The normalized spacial score (nSPS) is 19.7. The van der Waals surface area contributed by atoms with E-state index in [1.807, 2.05) is 0 Å². The van der Waals surface area contributed by atoms with Gasteiger partial charge in [-0.05, 0) is 39.4 Å². The van der Waals surface area contributed by atoms with Gasteiger partial charge in [0.05, 0.1) is 5.41 Å². The van der Waals surface area contributed by atoms with Crippen LogP contribution in [0.15, 0.2) is 22.9 Å². The van der Waals surface area contributed by atoms with Crippen molar-refractivity contribution in [3.8, 4) is 0 Å². The summed E-state index contributed by atoms with van der Waals surface area (Å²) in [6.45, 7) is 12.5. The van der Waals surface area contributed by atoms with Gasteiger partial charge < -0.3 is 9.79 Å². The minimum Gasteiger partial charge on any atom is -0.342 e. The van der Waals surface area contributed by atoms with Gasteiger partial charge in [0, 0.05) is 28.2 Å². The predicted molar refractivity (Wildman–Crippen MR) is 117 cm³/mol. The highest BCUT2D eigenvalue weighted by atomic mass is 79.9. The Kier molecular flexibility index (Phi) is 7.97. The predicted octanol–water partition coefficient (Wildman–Crippen LogP) is 6.37. The van der Waals surface area contributed by atoms with Crippen LogP contribution in [-0.2, 0) is 14.5 Å². The summed E-state index contributed by atoms with van der Waals surface area (Å²) in [4.78, 5) is 26.3. The number of alkyl halides is 1. The molecule has 5 nitrogen and oxygen atoms in total. The van der Waals surface area contributed by atoms with Crippen LogP contribution in [0.3, 0.4) is 0 Å². The molecular weight excluding hydrogens is 467 g/mol. The van der Waals surface area contributed by atoms with E-state index in [1.165, 1.54) is 40.1 Å². The van der Waals surface area contributed by atoms with Crippen molar-refractivity contribution in [2.45, 2.75) is 77.3 Å². The molecule has 0 fully saturated rings. The van der Waals surface area contributed by atoms with E-state index in [4.69, 9.17) is 0 Å². The first-order valence-corrected chi connectivity index (χ1v) is 13.7. The second-order valence-corrected chi connectivity index (χ2v) is 15.6. The van der Waals surface area contributed by atoms with E-state index < -0.39 is 48.5 Å². The topological polar surface area (TPSA) is 87.5 Å². The van der Waals surface area contributed by atoms with E-state index in [0.717, 1.165) is 0 Å². The first-order chi connectivity index (χ1) is 12.5. The van der Waals surface area contributed by atoms with E-state index in [9.17, 15) is 18.9 Å². The van der Waals surface area contributed by atoms with Gasteiger partial charge in [-0.25, -0.2) is 4.39 Å². The van der Waals surface area contributed by atoms with Gasteiger partial charge in [0.15, 0.2) is 0 Å². The Morgan fingerprint density at radius 2 is 1.32 bits per heavy atom. The number of pyridine rings is 1. The molecule has 0 aliphatic carbocycles. The van der Waals surface area contributed by atoms with E-state index in [2.05, 4.69) is 20.9 Å². The van der Waals surface area contributed by atoms with Crippen molar-refractivity contribution in [3.05, 3.63) is 28.5 Å². The summed E-state index contributed by atoms with van der Waals surface area (Å²) in [5.41, 5.74) is -3.45. The van der Waals surface area contributed by atoms with Crippen molar-refractivity contribution in [3.63, 3.8) is 0 Å². The van der Waals surface area contributed by atoms with E-state index in [-0.39, 0.29) is 0 Å². The first kappa shape index (κ1) is 26.0. The SMILES string of the molecule is CC(C)C(c1cncc(Br)c1)(C(C)C)C(F)(P(=O)(O)C(C)C)P(=O)(O)C(C)C. The third-order valence-corrected chi connectivity index (χ3v) is 13.2. The number of nitrogens with zero attached hydrogens (tertiary/aromatic N) is 1. The maximum absolute atomic E-state index is 17.4. The summed E-state index contributed by atoms with van der Waals surface area (Å²) in [7, 11) is -9.59. The van der Waals surface area contributed by atoms with Crippen molar-refractivity contribution in [1.29, 1.82) is 0 Å². The molecule has 9 heteroatoms. The Morgan fingerprint density at radius 1 is 0.929 bits per heavy atom. The maximum atomic E-state index is 17.4. The van der Waals surface area contributed by atoms with Gasteiger partial charge >= 0.3 is 0 Å². The fraction of sp³-hybridized carbons (Fsp3) is 0.737. The van der Waals surface area contributed by atoms with Crippen molar-refractivity contribution >= 4 is 30.7 Å². The monoisotopic (exact) mass is 499 g/mol. The zero-order valence-corrected chi connectivity index (χ0v) is 21.2.